The first-order chi connectivity index (χ1) is 13.8. The van der Waals surface area contributed by atoms with Crippen LogP contribution < -0.4 is 10.9 Å². The van der Waals surface area contributed by atoms with Crippen LogP contribution in [0.15, 0.2) is 52.4 Å². The summed E-state index contributed by atoms with van der Waals surface area (Å²) in [6.45, 7) is 5.59. The highest BCUT2D eigenvalue weighted by Crippen LogP contribution is 2.20. The molecule has 0 spiro atoms. The van der Waals surface area contributed by atoms with Gasteiger partial charge in [-0.3, -0.25) is 9.59 Å². The number of amides is 1. The number of thioether (sulfide) groups is 1. The molecule has 0 atom stereocenters. The molecule has 1 aromatic heterocycles. The standard InChI is InChI=1S/C22H22FN3O2S/c1-13-4-5-14(2)19(10-13)25-20(27)11-18-15(3)24-22(26-21(18)28)29-12-16-6-8-17(23)9-7-16/h4-10H,11-12H2,1-3H3,(H,25,27)(H,24,26,28). The fourth-order valence-corrected chi connectivity index (χ4v) is 3.68. The fourth-order valence-electron chi connectivity index (χ4n) is 2.82. The first-order valence-corrected chi connectivity index (χ1v) is 10.1. The van der Waals surface area contributed by atoms with Gasteiger partial charge in [0.1, 0.15) is 5.82 Å². The van der Waals surface area contributed by atoms with E-state index in [9.17, 15) is 14.0 Å². The van der Waals surface area contributed by atoms with Crippen molar-refractivity contribution in [2.24, 2.45) is 0 Å². The van der Waals surface area contributed by atoms with Crippen molar-refractivity contribution in [1.82, 2.24) is 9.97 Å². The van der Waals surface area contributed by atoms with E-state index in [0.29, 0.717) is 22.2 Å². The van der Waals surface area contributed by atoms with Gasteiger partial charge in [0.05, 0.1) is 6.42 Å². The maximum Gasteiger partial charge on any atom is 0.255 e. The second kappa shape index (κ2) is 9.05. The van der Waals surface area contributed by atoms with Crippen LogP contribution in [0, 0.1) is 26.6 Å². The van der Waals surface area contributed by atoms with Crippen molar-refractivity contribution >= 4 is 23.4 Å². The Hall–Kier alpha value is -2.93. The first-order valence-electron chi connectivity index (χ1n) is 9.16. The zero-order valence-corrected chi connectivity index (χ0v) is 17.3. The number of halogens is 1. The average Bonchev–Trinajstić information content (AvgIpc) is 2.67. The van der Waals surface area contributed by atoms with Gasteiger partial charge in [-0.1, -0.05) is 36.0 Å². The molecule has 1 heterocycles. The molecular weight excluding hydrogens is 389 g/mol. The molecule has 3 aromatic rings. The number of nitrogens with one attached hydrogen (secondary N) is 2. The molecule has 7 heteroatoms. The van der Waals surface area contributed by atoms with E-state index >= 15 is 0 Å². The van der Waals surface area contributed by atoms with Gasteiger partial charge in [0.15, 0.2) is 5.16 Å². The fraction of sp³-hybridized carbons (Fsp3) is 0.227. The normalized spacial score (nSPS) is 10.8. The van der Waals surface area contributed by atoms with Gasteiger partial charge in [-0.15, -0.1) is 0 Å². The minimum Gasteiger partial charge on any atom is -0.326 e. The van der Waals surface area contributed by atoms with Crippen molar-refractivity contribution in [3.05, 3.63) is 86.6 Å². The molecule has 150 valence electrons. The molecule has 0 aliphatic carbocycles. The molecule has 1 amide bonds. The van der Waals surface area contributed by atoms with Crippen LogP contribution in [0.5, 0.6) is 0 Å². The van der Waals surface area contributed by atoms with Gasteiger partial charge in [-0.2, -0.15) is 0 Å². The van der Waals surface area contributed by atoms with Gasteiger partial charge in [-0.05, 0) is 55.7 Å². The highest BCUT2D eigenvalue weighted by Gasteiger charge is 2.14. The van der Waals surface area contributed by atoms with Crippen LogP contribution >= 0.6 is 11.8 Å². The Morgan fingerprint density at radius 3 is 2.55 bits per heavy atom. The number of rotatable bonds is 6. The van der Waals surface area contributed by atoms with Gasteiger partial charge >= 0.3 is 0 Å². The Morgan fingerprint density at radius 1 is 1.14 bits per heavy atom. The summed E-state index contributed by atoms with van der Waals surface area (Å²) in [5, 5.41) is 3.33. The molecule has 2 N–H and O–H groups in total. The Morgan fingerprint density at radius 2 is 1.86 bits per heavy atom. The minimum absolute atomic E-state index is 0.0511. The SMILES string of the molecule is Cc1ccc(C)c(NC(=O)Cc2c(C)nc(SCc3ccc(F)cc3)[nH]c2=O)c1. The van der Waals surface area contributed by atoms with Crippen molar-refractivity contribution in [2.75, 3.05) is 5.32 Å². The van der Waals surface area contributed by atoms with E-state index in [1.165, 1.54) is 23.9 Å². The lowest BCUT2D eigenvalue weighted by Crippen LogP contribution is -2.24. The van der Waals surface area contributed by atoms with E-state index in [4.69, 9.17) is 0 Å². The van der Waals surface area contributed by atoms with Crippen molar-refractivity contribution in [3.63, 3.8) is 0 Å². The largest absolute Gasteiger partial charge is 0.326 e. The van der Waals surface area contributed by atoms with E-state index in [1.807, 2.05) is 32.0 Å². The molecule has 3 rings (SSSR count). The summed E-state index contributed by atoms with van der Waals surface area (Å²) >= 11 is 1.35. The highest BCUT2D eigenvalue weighted by molar-refractivity contribution is 7.98. The zero-order valence-electron chi connectivity index (χ0n) is 16.5. The van der Waals surface area contributed by atoms with Crippen molar-refractivity contribution in [3.8, 4) is 0 Å². The predicted molar refractivity (Wildman–Crippen MR) is 114 cm³/mol. The number of benzene rings is 2. The maximum atomic E-state index is 13.0. The van der Waals surface area contributed by atoms with Crippen molar-refractivity contribution in [1.29, 1.82) is 0 Å². The van der Waals surface area contributed by atoms with Crippen LogP contribution in [-0.4, -0.2) is 15.9 Å². The highest BCUT2D eigenvalue weighted by atomic mass is 32.2. The number of hydrogen-bond donors (Lipinski definition) is 2. The summed E-state index contributed by atoms with van der Waals surface area (Å²) in [5.74, 6) is 0.000193. The van der Waals surface area contributed by atoms with Gasteiger partial charge < -0.3 is 10.3 Å². The number of anilines is 1. The quantitative estimate of drug-likeness (QED) is 0.468. The number of H-pyrrole nitrogens is 1. The number of carbonyl (C=O) groups excluding carboxylic acids is 1. The van der Waals surface area contributed by atoms with Crippen molar-refractivity contribution < 1.29 is 9.18 Å². The lowest BCUT2D eigenvalue weighted by molar-refractivity contribution is -0.115. The van der Waals surface area contributed by atoms with Crippen LogP contribution in [0.1, 0.15) is 27.9 Å². The molecule has 0 saturated heterocycles. The number of aromatic amines is 1. The molecule has 0 aliphatic rings. The van der Waals surface area contributed by atoms with Gasteiger partial charge in [0.25, 0.3) is 5.56 Å². The summed E-state index contributed by atoms with van der Waals surface area (Å²) in [7, 11) is 0. The molecule has 5 nitrogen and oxygen atoms in total. The molecule has 0 aliphatic heterocycles. The molecule has 29 heavy (non-hydrogen) atoms. The molecule has 0 bridgehead atoms. The van der Waals surface area contributed by atoms with Gasteiger partial charge in [0.2, 0.25) is 5.91 Å². The lowest BCUT2D eigenvalue weighted by atomic mass is 10.1. The minimum atomic E-state index is -0.324. The summed E-state index contributed by atoms with van der Waals surface area (Å²) in [6.07, 6.45) is -0.0511. The Bertz CT molecular complexity index is 1090. The number of carbonyl (C=O) groups is 1. The van der Waals surface area contributed by atoms with Crippen LogP contribution in [-0.2, 0) is 17.0 Å². The van der Waals surface area contributed by atoms with E-state index in [2.05, 4.69) is 15.3 Å². The third kappa shape index (κ3) is 5.54. The van der Waals surface area contributed by atoms with Gasteiger partial charge in [-0.25, -0.2) is 9.37 Å². The zero-order chi connectivity index (χ0) is 21.0. The van der Waals surface area contributed by atoms with Crippen LogP contribution in [0.2, 0.25) is 0 Å². The van der Waals surface area contributed by atoms with Crippen LogP contribution in [0.3, 0.4) is 0 Å². The smallest absolute Gasteiger partial charge is 0.255 e. The van der Waals surface area contributed by atoms with Crippen LogP contribution in [0.25, 0.3) is 0 Å². The molecule has 0 fully saturated rings. The molecule has 0 radical (unpaired) electrons. The second-order valence-corrected chi connectivity index (χ2v) is 7.86. The predicted octanol–water partition coefficient (Wildman–Crippen LogP) is 4.31. The number of aromatic nitrogens is 2. The molecule has 0 unspecified atom stereocenters. The number of hydrogen-bond acceptors (Lipinski definition) is 4. The number of nitrogens with zero attached hydrogens (tertiary/aromatic N) is 1. The van der Waals surface area contributed by atoms with E-state index < -0.39 is 0 Å². The molecule has 2 aromatic carbocycles. The Kier molecular flexibility index (Phi) is 6.49. The summed E-state index contributed by atoms with van der Waals surface area (Å²) in [4.78, 5) is 32.1. The monoisotopic (exact) mass is 411 g/mol. The average molecular weight is 412 g/mol. The topological polar surface area (TPSA) is 74.8 Å². The third-order valence-corrected chi connectivity index (χ3v) is 5.44. The summed E-state index contributed by atoms with van der Waals surface area (Å²) in [5.41, 5.74) is 4.21. The van der Waals surface area contributed by atoms with Crippen molar-refractivity contribution in [2.45, 2.75) is 38.1 Å². The van der Waals surface area contributed by atoms with E-state index in [1.54, 1.807) is 19.1 Å². The lowest BCUT2D eigenvalue weighted by Gasteiger charge is -2.10. The van der Waals surface area contributed by atoms with E-state index in [-0.39, 0.29) is 23.7 Å². The summed E-state index contributed by atoms with van der Waals surface area (Å²) < 4.78 is 13.0. The van der Waals surface area contributed by atoms with E-state index in [0.717, 1.165) is 22.4 Å². The Balaban J connectivity index is 1.68. The molecular formula is C22H22FN3O2S. The Labute approximate surface area is 172 Å². The number of aryl methyl sites for hydroxylation is 3. The van der Waals surface area contributed by atoms with Gasteiger partial charge in [0, 0.05) is 22.7 Å². The molecule has 0 saturated carbocycles. The third-order valence-electron chi connectivity index (χ3n) is 4.49. The maximum absolute atomic E-state index is 13.0. The van der Waals surface area contributed by atoms with Crippen LogP contribution in [0.4, 0.5) is 10.1 Å². The second-order valence-electron chi connectivity index (χ2n) is 6.89. The summed E-state index contributed by atoms with van der Waals surface area (Å²) in [6, 6.07) is 12.0. The first kappa shape index (κ1) is 20.8.